The zero-order chi connectivity index (χ0) is 14.0. The summed E-state index contributed by atoms with van der Waals surface area (Å²) in [5, 5.41) is 3.53. The largest absolute Gasteiger partial charge is 0.390 e. The summed E-state index contributed by atoms with van der Waals surface area (Å²) in [5.41, 5.74) is 0. The third kappa shape index (κ3) is 4.95. The van der Waals surface area contributed by atoms with Crippen molar-refractivity contribution in [3.8, 4) is 0 Å². The van der Waals surface area contributed by atoms with Gasteiger partial charge in [0.25, 0.3) is 0 Å². The van der Waals surface area contributed by atoms with E-state index in [1.54, 1.807) is 0 Å². The van der Waals surface area contributed by atoms with Crippen LogP contribution in [0, 0.1) is 11.8 Å². The Hall–Kier alpha value is -0.290. The van der Waals surface area contributed by atoms with Gasteiger partial charge in [-0.1, -0.05) is 13.8 Å². The number of hydrogen-bond donors (Lipinski definition) is 1. The molecule has 0 aromatic carbocycles. The van der Waals surface area contributed by atoms with Crippen LogP contribution in [0.25, 0.3) is 0 Å². The summed E-state index contributed by atoms with van der Waals surface area (Å²) in [6, 6.07) is 0.675. The van der Waals surface area contributed by atoms with Crippen LogP contribution >= 0.6 is 0 Å². The minimum atomic E-state index is -4.04. The van der Waals surface area contributed by atoms with Gasteiger partial charge in [-0.05, 0) is 31.1 Å². The Balaban J connectivity index is 1.88. The zero-order valence-corrected chi connectivity index (χ0v) is 11.8. The molecular weight excluding hydrogens is 253 g/mol. The van der Waals surface area contributed by atoms with Crippen LogP contribution in [0.15, 0.2) is 0 Å². The van der Waals surface area contributed by atoms with Crippen molar-refractivity contribution in [2.45, 2.75) is 57.8 Å². The van der Waals surface area contributed by atoms with Gasteiger partial charge in [-0.2, -0.15) is 13.2 Å². The first-order valence-corrected chi connectivity index (χ1v) is 7.39. The smallest absolute Gasteiger partial charge is 0.311 e. The van der Waals surface area contributed by atoms with Crippen molar-refractivity contribution in [3.63, 3.8) is 0 Å². The van der Waals surface area contributed by atoms with Crippen LogP contribution in [-0.2, 0) is 0 Å². The van der Waals surface area contributed by atoms with Gasteiger partial charge < -0.3 is 5.32 Å². The number of piperazine rings is 1. The van der Waals surface area contributed by atoms with E-state index in [2.05, 4.69) is 24.1 Å². The summed E-state index contributed by atoms with van der Waals surface area (Å²) in [5.74, 6) is 1.21. The lowest BCUT2D eigenvalue weighted by molar-refractivity contribution is -0.140. The van der Waals surface area contributed by atoms with E-state index >= 15 is 0 Å². The van der Waals surface area contributed by atoms with E-state index in [0.29, 0.717) is 23.9 Å². The molecule has 1 aliphatic carbocycles. The Morgan fingerprint density at radius 3 is 2.47 bits per heavy atom. The Morgan fingerprint density at radius 1 is 1.26 bits per heavy atom. The lowest BCUT2D eigenvalue weighted by Gasteiger charge is -2.41. The van der Waals surface area contributed by atoms with Crippen LogP contribution in [-0.4, -0.2) is 42.8 Å². The van der Waals surface area contributed by atoms with Gasteiger partial charge in [-0.15, -0.1) is 0 Å². The first-order chi connectivity index (χ1) is 8.85. The molecule has 5 heteroatoms. The van der Waals surface area contributed by atoms with Crippen LogP contribution in [0.3, 0.4) is 0 Å². The molecule has 0 bridgehead atoms. The number of hydrogen-bond acceptors (Lipinski definition) is 2. The number of nitrogens with one attached hydrogen (secondary N) is 1. The van der Waals surface area contributed by atoms with Crippen LogP contribution in [0.1, 0.15) is 39.5 Å². The van der Waals surface area contributed by atoms with E-state index < -0.39 is 12.6 Å². The fourth-order valence-electron chi connectivity index (χ4n) is 3.10. The SMILES string of the molecule is CC(C)CC1CN(CCC(F)(F)F)C(C2CC2)CN1. The fourth-order valence-corrected chi connectivity index (χ4v) is 3.10. The average Bonchev–Trinajstić information content (AvgIpc) is 3.08. The second-order valence-electron chi connectivity index (χ2n) is 6.50. The monoisotopic (exact) mass is 278 g/mol. The minimum Gasteiger partial charge on any atom is -0.311 e. The second-order valence-corrected chi connectivity index (χ2v) is 6.50. The molecule has 0 amide bonds. The molecule has 2 atom stereocenters. The molecule has 0 radical (unpaired) electrons. The summed E-state index contributed by atoms with van der Waals surface area (Å²) >= 11 is 0. The fraction of sp³-hybridized carbons (Fsp3) is 1.00. The molecule has 1 saturated carbocycles. The summed E-state index contributed by atoms with van der Waals surface area (Å²) in [7, 11) is 0. The minimum absolute atomic E-state index is 0.168. The van der Waals surface area contributed by atoms with E-state index in [9.17, 15) is 13.2 Å². The highest BCUT2D eigenvalue weighted by molar-refractivity contribution is 4.95. The molecule has 0 spiro atoms. The molecule has 1 aliphatic heterocycles. The van der Waals surface area contributed by atoms with Crippen molar-refractivity contribution in [1.82, 2.24) is 10.2 Å². The lowest BCUT2D eigenvalue weighted by Crippen LogP contribution is -2.58. The molecule has 0 aromatic heterocycles. The Labute approximate surface area is 113 Å². The van der Waals surface area contributed by atoms with Gasteiger partial charge in [0.1, 0.15) is 0 Å². The standard InChI is InChI=1S/C14H25F3N2/c1-10(2)7-12-9-19(6-5-14(15,16)17)13(8-18-12)11-3-4-11/h10-13,18H,3-9H2,1-2H3. The van der Waals surface area contributed by atoms with Crippen molar-refractivity contribution in [2.24, 2.45) is 11.8 Å². The maximum atomic E-state index is 12.4. The van der Waals surface area contributed by atoms with Gasteiger partial charge in [-0.3, -0.25) is 4.90 Å². The molecule has 2 aliphatic rings. The number of alkyl halides is 3. The third-order valence-corrected chi connectivity index (χ3v) is 4.14. The third-order valence-electron chi connectivity index (χ3n) is 4.14. The topological polar surface area (TPSA) is 15.3 Å². The maximum Gasteiger partial charge on any atom is 0.390 e. The molecule has 2 rings (SSSR count). The molecule has 1 saturated heterocycles. The molecule has 112 valence electrons. The highest BCUT2D eigenvalue weighted by Crippen LogP contribution is 2.37. The highest BCUT2D eigenvalue weighted by Gasteiger charge is 2.40. The maximum absolute atomic E-state index is 12.4. The van der Waals surface area contributed by atoms with Crippen LogP contribution < -0.4 is 5.32 Å². The van der Waals surface area contributed by atoms with Gasteiger partial charge in [0.2, 0.25) is 0 Å². The van der Waals surface area contributed by atoms with E-state index in [-0.39, 0.29) is 6.54 Å². The van der Waals surface area contributed by atoms with Gasteiger partial charge in [0.05, 0.1) is 6.42 Å². The predicted octanol–water partition coefficient (Wildman–Crippen LogP) is 3.04. The second kappa shape index (κ2) is 6.00. The van der Waals surface area contributed by atoms with Gasteiger partial charge in [-0.25, -0.2) is 0 Å². The first kappa shape index (κ1) is 15.1. The van der Waals surface area contributed by atoms with Crippen molar-refractivity contribution in [2.75, 3.05) is 19.6 Å². The number of rotatable bonds is 5. The van der Waals surface area contributed by atoms with E-state index in [0.717, 1.165) is 19.5 Å². The Morgan fingerprint density at radius 2 is 1.95 bits per heavy atom. The predicted molar refractivity (Wildman–Crippen MR) is 70.0 cm³/mol. The van der Waals surface area contributed by atoms with Gasteiger partial charge in [0, 0.05) is 31.7 Å². The summed E-state index contributed by atoms with van der Waals surface area (Å²) < 4.78 is 37.3. The molecule has 1 N–H and O–H groups in total. The molecular formula is C14H25F3N2. The summed E-state index contributed by atoms with van der Waals surface area (Å²) in [4.78, 5) is 2.09. The molecule has 2 unspecified atom stereocenters. The first-order valence-electron chi connectivity index (χ1n) is 7.39. The van der Waals surface area contributed by atoms with E-state index in [1.807, 2.05) is 0 Å². The van der Waals surface area contributed by atoms with Crippen LogP contribution in [0.5, 0.6) is 0 Å². The van der Waals surface area contributed by atoms with Crippen molar-refractivity contribution in [3.05, 3.63) is 0 Å². The van der Waals surface area contributed by atoms with Gasteiger partial charge in [0.15, 0.2) is 0 Å². The molecule has 2 fully saturated rings. The molecule has 19 heavy (non-hydrogen) atoms. The van der Waals surface area contributed by atoms with E-state index in [4.69, 9.17) is 0 Å². The van der Waals surface area contributed by atoms with Gasteiger partial charge >= 0.3 is 6.18 Å². The number of nitrogens with zero attached hydrogens (tertiary/aromatic N) is 1. The zero-order valence-electron chi connectivity index (χ0n) is 11.8. The summed E-state index contributed by atoms with van der Waals surface area (Å²) in [6.07, 6.45) is -1.30. The highest BCUT2D eigenvalue weighted by atomic mass is 19.4. The number of halogens is 3. The molecule has 2 nitrogen and oxygen atoms in total. The van der Waals surface area contributed by atoms with Crippen molar-refractivity contribution < 1.29 is 13.2 Å². The Kier molecular flexibility index (Phi) is 4.77. The van der Waals surface area contributed by atoms with Crippen molar-refractivity contribution >= 4 is 0 Å². The van der Waals surface area contributed by atoms with Crippen molar-refractivity contribution in [1.29, 1.82) is 0 Å². The molecule has 1 heterocycles. The lowest BCUT2D eigenvalue weighted by atomic mass is 9.98. The normalized spacial score (nSPS) is 30.0. The van der Waals surface area contributed by atoms with Crippen LogP contribution in [0.2, 0.25) is 0 Å². The quantitative estimate of drug-likeness (QED) is 0.831. The average molecular weight is 278 g/mol. The molecule has 0 aromatic rings. The summed E-state index contributed by atoms with van der Waals surface area (Å²) in [6.45, 7) is 6.12. The Bertz CT molecular complexity index is 287. The van der Waals surface area contributed by atoms with Crippen LogP contribution in [0.4, 0.5) is 13.2 Å². The van der Waals surface area contributed by atoms with E-state index in [1.165, 1.54) is 12.8 Å².